The third-order valence-electron chi connectivity index (χ3n) is 7.95. The van der Waals surface area contributed by atoms with E-state index >= 15 is 0 Å². The maximum atomic E-state index is 13.3. The molecule has 0 spiro atoms. The molecule has 3 aromatic rings. The lowest BCUT2D eigenvalue weighted by atomic mass is 9.98. The molecule has 41 heavy (non-hydrogen) atoms. The van der Waals surface area contributed by atoms with Gasteiger partial charge in [-0.1, -0.05) is 48.9 Å². The highest BCUT2D eigenvalue weighted by Gasteiger charge is 2.30. The third kappa shape index (κ3) is 5.60. The maximum Gasteiger partial charge on any atom is 0.338 e. The van der Waals surface area contributed by atoms with E-state index in [2.05, 4.69) is 27.7 Å². The second-order valence-corrected chi connectivity index (χ2v) is 10.7. The van der Waals surface area contributed by atoms with Gasteiger partial charge in [0.15, 0.2) is 0 Å². The summed E-state index contributed by atoms with van der Waals surface area (Å²) < 4.78 is 5.13. The smallest absolute Gasteiger partial charge is 0.338 e. The number of ether oxygens (including phenoxy) is 1. The zero-order chi connectivity index (χ0) is 28.3. The Morgan fingerprint density at radius 3 is 2.46 bits per heavy atom. The predicted molar refractivity (Wildman–Crippen MR) is 159 cm³/mol. The summed E-state index contributed by atoms with van der Waals surface area (Å²) in [4.78, 5) is 42.9. The Balaban J connectivity index is 1.28. The second kappa shape index (κ2) is 11.6. The van der Waals surface area contributed by atoms with Crippen LogP contribution in [0.4, 0.5) is 11.4 Å². The molecule has 6 rings (SSSR count). The van der Waals surface area contributed by atoms with Gasteiger partial charge in [0.05, 0.1) is 35.7 Å². The van der Waals surface area contributed by atoms with E-state index in [1.54, 1.807) is 25.1 Å². The zero-order valence-electron chi connectivity index (χ0n) is 23.2. The number of esters is 1. The molecule has 8 nitrogen and oxygen atoms in total. The van der Waals surface area contributed by atoms with Crippen LogP contribution in [-0.2, 0) is 27.4 Å². The largest absolute Gasteiger partial charge is 0.462 e. The average Bonchev–Trinajstić information content (AvgIpc) is 3.56. The van der Waals surface area contributed by atoms with Gasteiger partial charge in [-0.25, -0.2) is 4.79 Å². The first-order valence-corrected chi connectivity index (χ1v) is 14.3. The topological polar surface area (TPSA) is 91.0 Å². The normalized spacial score (nSPS) is 17.5. The summed E-state index contributed by atoms with van der Waals surface area (Å²) in [6.45, 7) is 5.71. The van der Waals surface area contributed by atoms with Crippen LogP contribution in [0.1, 0.15) is 58.8 Å². The molecule has 0 atom stereocenters. The van der Waals surface area contributed by atoms with Gasteiger partial charge in [0, 0.05) is 24.3 Å². The quantitative estimate of drug-likeness (QED) is 0.313. The molecule has 210 valence electrons. The van der Waals surface area contributed by atoms with Crippen LogP contribution in [0, 0.1) is 0 Å². The van der Waals surface area contributed by atoms with Crippen molar-refractivity contribution in [2.45, 2.75) is 39.3 Å². The van der Waals surface area contributed by atoms with Crippen LogP contribution in [0.25, 0.3) is 11.3 Å². The molecule has 2 amide bonds. The molecular weight excluding hydrogens is 516 g/mol. The minimum Gasteiger partial charge on any atom is -0.462 e. The van der Waals surface area contributed by atoms with Crippen LogP contribution < -0.4 is 10.6 Å². The number of carbonyl (C=O) groups is 3. The lowest BCUT2D eigenvalue weighted by molar-refractivity contribution is -0.133. The standard InChI is InChI=1S/C33H34N4O4/c1-2-41-33(40)23-12-14-27-28(18-23)35-32(39)30(27)31(22-9-5-3-6-10-22)34-26-13-11-24-19-37(20-25(24)17-26)29(38)21-36-15-7-4-8-16-36/h3,5-6,9-14,17-18,34H,2,4,7-8,15-16,19-21H2,1H3,(H,35,39)/b31-30-. The first kappa shape index (κ1) is 26.8. The molecule has 1 saturated heterocycles. The molecule has 0 saturated carbocycles. The summed E-state index contributed by atoms with van der Waals surface area (Å²) in [5.74, 6) is -0.501. The van der Waals surface area contributed by atoms with Crippen molar-refractivity contribution in [2.24, 2.45) is 0 Å². The number of anilines is 2. The number of nitrogens with one attached hydrogen (secondary N) is 2. The van der Waals surface area contributed by atoms with Crippen LogP contribution in [0.5, 0.6) is 0 Å². The molecule has 0 unspecified atom stereocenters. The summed E-state index contributed by atoms with van der Waals surface area (Å²) in [5.41, 5.74) is 6.79. The summed E-state index contributed by atoms with van der Waals surface area (Å²) >= 11 is 0. The van der Waals surface area contributed by atoms with Crippen molar-refractivity contribution >= 4 is 40.4 Å². The highest BCUT2D eigenvalue weighted by molar-refractivity contribution is 6.37. The van der Waals surface area contributed by atoms with Crippen LogP contribution in [0.15, 0.2) is 66.7 Å². The number of piperidine rings is 1. The number of benzene rings is 3. The minimum absolute atomic E-state index is 0.172. The van der Waals surface area contributed by atoms with E-state index in [-0.39, 0.29) is 18.4 Å². The number of hydrogen-bond donors (Lipinski definition) is 2. The van der Waals surface area contributed by atoms with E-state index in [1.165, 1.54) is 6.42 Å². The summed E-state index contributed by atoms with van der Waals surface area (Å²) in [6, 6.07) is 21.0. The highest BCUT2D eigenvalue weighted by atomic mass is 16.5. The molecule has 0 bridgehead atoms. The van der Waals surface area contributed by atoms with Crippen LogP contribution in [0.3, 0.4) is 0 Å². The van der Waals surface area contributed by atoms with Crippen molar-refractivity contribution in [3.8, 4) is 0 Å². The van der Waals surface area contributed by atoms with Crippen LogP contribution in [0.2, 0.25) is 0 Å². The van der Waals surface area contributed by atoms with Crippen LogP contribution >= 0.6 is 0 Å². The molecule has 3 aliphatic heterocycles. The number of amides is 2. The van der Waals surface area contributed by atoms with Gasteiger partial charge < -0.3 is 20.3 Å². The van der Waals surface area contributed by atoms with Gasteiger partial charge in [0.25, 0.3) is 5.91 Å². The van der Waals surface area contributed by atoms with Gasteiger partial charge in [0.1, 0.15) is 0 Å². The average molecular weight is 551 g/mol. The number of carbonyl (C=O) groups excluding carboxylic acids is 3. The molecule has 3 aromatic carbocycles. The lowest BCUT2D eigenvalue weighted by Gasteiger charge is -2.27. The fraction of sp³-hybridized carbons (Fsp3) is 0.303. The fourth-order valence-electron chi connectivity index (χ4n) is 5.85. The van der Waals surface area contributed by atoms with E-state index in [0.29, 0.717) is 47.7 Å². The number of nitrogens with zero attached hydrogens (tertiary/aromatic N) is 2. The van der Waals surface area contributed by atoms with E-state index in [9.17, 15) is 14.4 Å². The van der Waals surface area contributed by atoms with Crippen molar-refractivity contribution in [1.82, 2.24) is 9.80 Å². The Morgan fingerprint density at radius 2 is 1.68 bits per heavy atom. The molecule has 2 N–H and O–H groups in total. The van der Waals surface area contributed by atoms with E-state index < -0.39 is 5.97 Å². The van der Waals surface area contributed by atoms with E-state index in [1.807, 2.05) is 41.3 Å². The lowest BCUT2D eigenvalue weighted by Crippen LogP contribution is -2.40. The fourth-order valence-corrected chi connectivity index (χ4v) is 5.85. The monoisotopic (exact) mass is 550 g/mol. The van der Waals surface area contributed by atoms with Gasteiger partial charge in [-0.3, -0.25) is 14.5 Å². The highest BCUT2D eigenvalue weighted by Crippen LogP contribution is 2.38. The van der Waals surface area contributed by atoms with Crippen LogP contribution in [-0.4, -0.2) is 53.8 Å². The van der Waals surface area contributed by atoms with Crippen molar-refractivity contribution in [3.63, 3.8) is 0 Å². The predicted octanol–water partition coefficient (Wildman–Crippen LogP) is 5.12. The Kier molecular flexibility index (Phi) is 7.57. The number of hydrogen-bond acceptors (Lipinski definition) is 6. The molecular formula is C33H34N4O4. The van der Waals surface area contributed by atoms with Crippen molar-refractivity contribution in [3.05, 3.63) is 94.5 Å². The first-order chi connectivity index (χ1) is 20.0. The Morgan fingerprint density at radius 1 is 0.902 bits per heavy atom. The molecule has 0 aromatic heterocycles. The van der Waals surface area contributed by atoms with Gasteiger partial charge in [-0.15, -0.1) is 0 Å². The van der Waals surface area contributed by atoms with Gasteiger partial charge in [-0.05, 0) is 73.8 Å². The van der Waals surface area contributed by atoms with Crippen molar-refractivity contribution in [1.29, 1.82) is 0 Å². The summed E-state index contributed by atoms with van der Waals surface area (Å²) in [7, 11) is 0. The van der Waals surface area contributed by atoms with Crippen molar-refractivity contribution in [2.75, 3.05) is 36.9 Å². The molecule has 3 aliphatic rings. The maximum absolute atomic E-state index is 13.3. The Hall–Kier alpha value is -4.43. The van der Waals surface area contributed by atoms with E-state index in [4.69, 9.17) is 4.74 Å². The minimum atomic E-state index is -0.426. The molecule has 0 radical (unpaired) electrons. The second-order valence-electron chi connectivity index (χ2n) is 10.7. The third-order valence-corrected chi connectivity index (χ3v) is 7.95. The number of fused-ring (bicyclic) bond motifs is 2. The summed E-state index contributed by atoms with van der Waals surface area (Å²) in [6.07, 6.45) is 3.58. The number of rotatable bonds is 7. The Labute approximate surface area is 240 Å². The molecule has 3 heterocycles. The zero-order valence-corrected chi connectivity index (χ0v) is 23.2. The van der Waals surface area contributed by atoms with Gasteiger partial charge >= 0.3 is 5.97 Å². The molecule has 1 fully saturated rings. The van der Waals surface area contributed by atoms with Crippen molar-refractivity contribution < 1.29 is 19.1 Å². The first-order valence-electron chi connectivity index (χ1n) is 14.3. The Bertz CT molecular complexity index is 1530. The van der Waals surface area contributed by atoms with Gasteiger partial charge in [0.2, 0.25) is 5.91 Å². The molecule has 8 heteroatoms. The summed E-state index contributed by atoms with van der Waals surface area (Å²) in [5, 5.41) is 6.44. The number of likely N-dealkylation sites (tertiary alicyclic amines) is 1. The van der Waals surface area contributed by atoms with E-state index in [0.717, 1.165) is 48.3 Å². The SMILES string of the molecule is CCOC(=O)c1ccc2c(c1)NC(=O)/C2=C(\Nc1ccc2c(c1)CN(C(=O)CN1CCCCC1)C2)c1ccccc1. The molecule has 0 aliphatic carbocycles. The van der Waals surface area contributed by atoms with Gasteiger partial charge in [-0.2, -0.15) is 0 Å².